The van der Waals surface area contributed by atoms with E-state index in [-0.39, 0.29) is 5.91 Å². The SMILES string of the molecule is COc1ccc2[nH]c3c(c2c1)CN(C(=O)CCCn1cnnn1)CC3. The molecule has 3 heterocycles. The molecule has 0 fully saturated rings. The molecule has 0 saturated carbocycles. The first kappa shape index (κ1) is 15.6. The van der Waals surface area contributed by atoms with Crippen LogP contribution >= 0.6 is 0 Å². The van der Waals surface area contributed by atoms with Crippen LogP contribution in [0.5, 0.6) is 5.75 Å². The number of rotatable bonds is 5. The minimum Gasteiger partial charge on any atom is -0.497 e. The molecule has 0 saturated heterocycles. The molecule has 2 aromatic heterocycles. The minimum absolute atomic E-state index is 0.177. The Balaban J connectivity index is 1.45. The van der Waals surface area contributed by atoms with Crippen LogP contribution in [-0.2, 0) is 24.3 Å². The molecule has 1 amide bonds. The molecule has 0 aliphatic carbocycles. The number of fused-ring (bicyclic) bond motifs is 3. The summed E-state index contributed by atoms with van der Waals surface area (Å²) in [4.78, 5) is 18.0. The fraction of sp³-hybridized carbons (Fsp3) is 0.412. The van der Waals surface area contributed by atoms with Crippen LogP contribution in [0.4, 0.5) is 0 Å². The molecular weight excluding hydrogens is 320 g/mol. The number of carbonyl (C=O) groups is 1. The van der Waals surface area contributed by atoms with Gasteiger partial charge in [0.15, 0.2) is 0 Å². The quantitative estimate of drug-likeness (QED) is 0.761. The molecular formula is C17H20N6O2. The smallest absolute Gasteiger partial charge is 0.222 e. The number of amides is 1. The van der Waals surface area contributed by atoms with Crippen LogP contribution in [0.1, 0.15) is 24.1 Å². The lowest BCUT2D eigenvalue weighted by Gasteiger charge is -2.27. The number of hydrogen-bond acceptors (Lipinski definition) is 5. The van der Waals surface area contributed by atoms with Gasteiger partial charge in [-0.3, -0.25) is 4.79 Å². The first-order valence-electron chi connectivity index (χ1n) is 8.40. The van der Waals surface area contributed by atoms with E-state index >= 15 is 0 Å². The average Bonchev–Trinajstić information content (AvgIpc) is 3.27. The Hall–Kier alpha value is -2.90. The monoisotopic (exact) mass is 340 g/mol. The second-order valence-corrected chi connectivity index (χ2v) is 6.24. The molecule has 4 rings (SSSR count). The molecule has 0 bridgehead atoms. The van der Waals surface area contributed by atoms with Crippen LogP contribution in [0.2, 0.25) is 0 Å². The molecule has 0 atom stereocenters. The number of tetrazole rings is 1. The van der Waals surface area contributed by atoms with Gasteiger partial charge in [-0.1, -0.05) is 0 Å². The maximum absolute atomic E-state index is 12.5. The highest BCUT2D eigenvalue weighted by atomic mass is 16.5. The molecule has 8 heteroatoms. The zero-order chi connectivity index (χ0) is 17.2. The van der Waals surface area contributed by atoms with Crippen molar-refractivity contribution in [2.75, 3.05) is 13.7 Å². The highest BCUT2D eigenvalue weighted by Crippen LogP contribution is 2.30. The van der Waals surface area contributed by atoms with Gasteiger partial charge >= 0.3 is 0 Å². The van der Waals surface area contributed by atoms with E-state index in [1.54, 1.807) is 18.1 Å². The van der Waals surface area contributed by atoms with Crippen LogP contribution in [-0.4, -0.2) is 49.7 Å². The van der Waals surface area contributed by atoms with Gasteiger partial charge in [0, 0.05) is 54.6 Å². The van der Waals surface area contributed by atoms with E-state index in [0.717, 1.165) is 36.0 Å². The highest BCUT2D eigenvalue weighted by molar-refractivity contribution is 5.87. The van der Waals surface area contributed by atoms with Crippen LogP contribution in [0.15, 0.2) is 24.5 Å². The maximum atomic E-state index is 12.5. The first-order chi connectivity index (χ1) is 12.2. The zero-order valence-electron chi connectivity index (χ0n) is 14.1. The van der Waals surface area contributed by atoms with Gasteiger partial charge in [0.25, 0.3) is 0 Å². The van der Waals surface area contributed by atoms with E-state index < -0.39 is 0 Å². The zero-order valence-corrected chi connectivity index (χ0v) is 14.1. The number of carbonyl (C=O) groups excluding carboxylic acids is 1. The van der Waals surface area contributed by atoms with Crippen molar-refractivity contribution in [1.29, 1.82) is 0 Å². The first-order valence-corrected chi connectivity index (χ1v) is 8.40. The number of H-pyrrole nitrogens is 1. The summed E-state index contributed by atoms with van der Waals surface area (Å²) in [6.45, 7) is 2.05. The van der Waals surface area contributed by atoms with Gasteiger partial charge in [-0.15, -0.1) is 5.10 Å². The molecule has 1 aromatic carbocycles. The lowest BCUT2D eigenvalue weighted by molar-refractivity contribution is -0.132. The molecule has 3 aromatic rings. The Labute approximate surface area is 144 Å². The second-order valence-electron chi connectivity index (χ2n) is 6.24. The summed E-state index contributed by atoms with van der Waals surface area (Å²) in [6.07, 6.45) is 3.65. The van der Waals surface area contributed by atoms with Crippen molar-refractivity contribution in [1.82, 2.24) is 30.1 Å². The summed E-state index contributed by atoms with van der Waals surface area (Å²) in [5, 5.41) is 12.1. The van der Waals surface area contributed by atoms with Crippen LogP contribution in [0.25, 0.3) is 10.9 Å². The highest BCUT2D eigenvalue weighted by Gasteiger charge is 2.23. The Kier molecular flexibility index (Phi) is 4.09. The lowest BCUT2D eigenvalue weighted by Crippen LogP contribution is -2.35. The van der Waals surface area contributed by atoms with Gasteiger partial charge in [-0.25, -0.2) is 4.68 Å². The molecule has 1 aliphatic heterocycles. The number of methoxy groups -OCH3 is 1. The number of aryl methyl sites for hydroxylation is 1. The van der Waals surface area contributed by atoms with Crippen LogP contribution in [0, 0.1) is 0 Å². The van der Waals surface area contributed by atoms with Crippen molar-refractivity contribution in [3.8, 4) is 5.75 Å². The van der Waals surface area contributed by atoms with Gasteiger partial charge < -0.3 is 14.6 Å². The third-order valence-corrected chi connectivity index (χ3v) is 4.70. The van der Waals surface area contributed by atoms with Crippen molar-refractivity contribution in [3.05, 3.63) is 35.8 Å². The van der Waals surface area contributed by atoms with Crippen molar-refractivity contribution in [2.24, 2.45) is 0 Å². The third kappa shape index (κ3) is 3.07. The Morgan fingerprint density at radius 3 is 3.12 bits per heavy atom. The standard InChI is InChI=1S/C17H20N6O2/c1-25-12-4-5-15-13(9-12)14-10-22(8-6-16(14)19-15)17(24)3-2-7-23-11-18-20-21-23/h4-5,9,11,19H,2-3,6-8,10H2,1H3. The van der Waals surface area contributed by atoms with E-state index in [2.05, 4.69) is 20.5 Å². The minimum atomic E-state index is 0.177. The Morgan fingerprint density at radius 2 is 2.32 bits per heavy atom. The van der Waals surface area contributed by atoms with Crippen molar-refractivity contribution >= 4 is 16.8 Å². The van der Waals surface area contributed by atoms with Crippen LogP contribution in [0.3, 0.4) is 0 Å². The van der Waals surface area contributed by atoms with Crippen molar-refractivity contribution in [3.63, 3.8) is 0 Å². The number of ether oxygens (including phenoxy) is 1. The molecule has 1 N–H and O–H groups in total. The fourth-order valence-corrected chi connectivity index (χ4v) is 3.37. The van der Waals surface area contributed by atoms with Crippen molar-refractivity contribution in [2.45, 2.75) is 32.4 Å². The van der Waals surface area contributed by atoms with E-state index in [4.69, 9.17) is 4.74 Å². The summed E-state index contributed by atoms with van der Waals surface area (Å²) in [6, 6.07) is 6.02. The Morgan fingerprint density at radius 1 is 1.40 bits per heavy atom. The van der Waals surface area contributed by atoms with E-state index in [9.17, 15) is 4.79 Å². The largest absolute Gasteiger partial charge is 0.497 e. The summed E-state index contributed by atoms with van der Waals surface area (Å²) < 4.78 is 6.98. The fourth-order valence-electron chi connectivity index (χ4n) is 3.37. The topological polar surface area (TPSA) is 88.9 Å². The normalized spacial score (nSPS) is 13.9. The number of benzene rings is 1. The van der Waals surface area contributed by atoms with E-state index in [1.807, 2.05) is 23.1 Å². The van der Waals surface area contributed by atoms with Crippen molar-refractivity contribution < 1.29 is 9.53 Å². The summed E-state index contributed by atoms with van der Waals surface area (Å²) in [5.74, 6) is 1.01. The number of hydrogen-bond donors (Lipinski definition) is 1. The number of aromatic amines is 1. The van der Waals surface area contributed by atoms with E-state index in [0.29, 0.717) is 19.5 Å². The summed E-state index contributed by atoms with van der Waals surface area (Å²) >= 11 is 0. The Bertz CT molecular complexity index is 886. The van der Waals surface area contributed by atoms with Gasteiger partial charge in [0.1, 0.15) is 12.1 Å². The number of nitrogens with zero attached hydrogens (tertiary/aromatic N) is 5. The van der Waals surface area contributed by atoms with Crippen LogP contribution < -0.4 is 4.74 Å². The number of aromatic nitrogens is 5. The molecule has 8 nitrogen and oxygen atoms in total. The molecule has 0 spiro atoms. The summed E-state index contributed by atoms with van der Waals surface area (Å²) in [7, 11) is 1.67. The second kappa shape index (κ2) is 6.54. The summed E-state index contributed by atoms with van der Waals surface area (Å²) in [5.41, 5.74) is 3.52. The third-order valence-electron chi connectivity index (χ3n) is 4.70. The lowest BCUT2D eigenvalue weighted by atomic mass is 10.0. The van der Waals surface area contributed by atoms with Gasteiger partial charge in [-0.2, -0.15) is 0 Å². The molecule has 25 heavy (non-hydrogen) atoms. The number of nitrogens with one attached hydrogen (secondary N) is 1. The average molecular weight is 340 g/mol. The molecule has 1 aliphatic rings. The molecule has 130 valence electrons. The van der Waals surface area contributed by atoms with Gasteiger partial charge in [0.2, 0.25) is 5.91 Å². The predicted octanol–water partition coefficient (Wildman–Crippen LogP) is 1.53. The van der Waals surface area contributed by atoms with Gasteiger partial charge in [0.05, 0.1) is 7.11 Å². The predicted molar refractivity (Wildman–Crippen MR) is 91.0 cm³/mol. The molecule has 0 radical (unpaired) electrons. The van der Waals surface area contributed by atoms with E-state index in [1.165, 1.54) is 11.3 Å². The van der Waals surface area contributed by atoms with Gasteiger partial charge in [-0.05, 0) is 35.0 Å². The maximum Gasteiger partial charge on any atom is 0.222 e. The molecule has 0 unspecified atom stereocenters.